The highest BCUT2D eigenvalue weighted by Gasteiger charge is 2.33. The zero-order chi connectivity index (χ0) is 20.8. The molecule has 2 heterocycles. The third-order valence-corrected chi connectivity index (χ3v) is 6.40. The number of unbranched alkanes of at least 4 members (excludes halogenated alkanes) is 1. The quantitative estimate of drug-likeness (QED) is 0.660. The summed E-state index contributed by atoms with van der Waals surface area (Å²) < 4.78 is 5.01. The lowest BCUT2D eigenvalue weighted by Gasteiger charge is -2.37. The zero-order valence-electron chi connectivity index (χ0n) is 17.5. The largest absolute Gasteiger partial charge is 0.375 e. The Labute approximate surface area is 177 Å². The van der Waals surface area contributed by atoms with E-state index in [1.54, 1.807) is 16.2 Å². The maximum atomic E-state index is 13.4. The maximum absolute atomic E-state index is 13.4. The molecule has 1 atom stereocenters. The highest BCUT2D eigenvalue weighted by atomic mass is 32.1. The number of hydrogen-bond acceptors (Lipinski definition) is 4. The minimum atomic E-state index is -0.130. The molecule has 3 rings (SSSR count). The first kappa shape index (κ1) is 21.5. The Morgan fingerprint density at radius 1 is 1.24 bits per heavy atom. The molecule has 0 radical (unpaired) electrons. The van der Waals surface area contributed by atoms with Crippen molar-refractivity contribution in [3.63, 3.8) is 0 Å². The van der Waals surface area contributed by atoms with Crippen LogP contribution >= 0.6 is 11.3 Å². The second-order valence-corrected chi connectivity index (χ2v) is 8.55. The molecule has 6 heteroatoms. The third-order valence-electron chi connectivity index (χ3n) is 5.41. The smallest absolute Gasteiger partial charge is 0.249 e. The van der Waals surface area contributed by atoms with Crippen molar-refractivity contribution in [3.8, 4) is 0 Å². The van der Waals surface area contributed by atoms with Gasteiger partial charge in [-0.05, 0) is 42.3 Å². The van der Waals surface area contributed by atoms with Gasteiger partial charge in [0, 0.05) is 25.1 Å². The van der Waals surface area contributed by atoms with Gasteiger partial charge in [0.05, 0.1) is 12.6 Å². The van der Waals surface area contributed by atoms with Crippen molar-refractivity contribution in [2.45, 2.75) is 39.2 Å². The molecule has 1 aromatic heterocycles. The lowest BCUT2D eigenvalue weighted by Crippen LogP contribution is -2.47. The minimum Gasteiger partial charge on any atom is -0.375 e. The standard InChI is InChI=1S/C23H30N2O3S/c1-4-5-12-24(22(27)16-28-3)15-21(26)25-13-10-20-19(11-14-29-20)23(25)18-8-6-17(2)7-9-18/h6-9,11,14,23H,4-5,10,12-13,15-16H2,1-3H3/t23-/m0/s1. The first-order valence-electron chi connectivity index (χ1n) is 10.2. The van der Waals surface area contributed by atoms with Gasteiger partial charge >= 0.3 is 0 Å². The fourth-order valence-corrected chi connectivity index (χ4v) is 4.71. The summed E-state index contributed by atoms with van der Waals surface area (Å²) >= 11 is 1.76. The monoisotopic (exact) mass is 414 g/mol. The Hall–Kier alpha value is -2.18. The molecule has 0 saturated heterocycles. The number of ether oxygens (including phenoxy) is 1. The summed E-state index contributed by atoms with van der Waals surface area (Å²) in [6, 6.07) is 10.4. The molecule has 29 heavy (non-hydrogen) atoms. The molecule has 1 aromatic carbocycles. The number of rotatable bonds is 8. The van der Waals surface area contributed by atoms with Crippen LogP contribution in [0.2, 0.25) is 0 Å². The molecular formula is C23H30N2O3S. The second kappa shape index (κ2) is 10.0. The minimum absolute atomic E-state index is 0.00650. The van der Waals surface area contributed by atoms with Crippen LogP contribution < -0.4 is 0 Å². The SMILES string of the molecule is CCCCN(CC(=O)N1CCc2sccc2[C@@H]1c1ccc(C)cc1)C(=O)COC. The van der Waals surface area contributed by atoms with E-state index in [0.29, 0.717) is 13.1 Å². The summed E-state index contributed by atoms with van der Waals surface area (Å²) in [5.41, 5.74) is 3.53. The average Bonchev–Trinajstić information content (AvgIpc) is 3.20. The van der Waals surface area contributed by atoms with E-state index >= 15 is 0 Å². The number of aryl methyl sites for hydroxylation is 1. The van der Waals surface area contributed by atoms with E-state index in [4.69, 9.17) is 4.74 Å². The van der Waals surface area contributed by atoms with Gasteiger partial charge in [-0.1, -0.05) is 43.2 Å². The van der Waals surface area contributed by atoms with Crippen LogP contribution in [0.3, 0.4) is 0 Å². The van der Waals surface area contributed by atoms with Crippen molar-refractivity contribution in [1.82, 2.24) is 9.80 Å². The van der Waals surface area contributed by atoms with Gasteiger partial charge in [0.1, 0.15) is 6.61 Å². The summed E-state index contributed by atoms with van der Waals surface area (Å²) in [5.74, 6) is -0.137. The topological polar surface area (TPSA) is 49.9 Å². The van der Waals surface area contributed by atoms with E-state index < -0.39 is 0 Å². The van der Waals surface area contributed by atoms with Crippen LogP contribution in [-0.2, 0) is 20.7 Å². The number of benzene rings is 1. The number of hydrogen-bond donors (Lipinski definition) is 0. The van der Waals surface area contributed by atoms with Gasteiger partial charge in [0.25, 0.3) is 0 Å². The number of carbonyl (C=O) groups excluding carboxylic acids is 2. The van der Waals surface area contributed by atoms with Crippen LogP contribution in [0.5, 0.6) is 0 Å². The van der Waals surface area contributed by atoms with Gasteiger partial charge in [-0.3, -0.25) is 9.59 Å². The predicted molar refractivity (Wildman–Crippen MR) is 116 cm³/mol. The highest BCUT2D eigenvalue weighted by Crippen LogP contribution is 2.37. The number of thiophene rings is 1. The molecule has 0 fully saturated rings. The molecule has 5 nitrogen and oxygen atoms in total. The molecular weight excluding hydrogens is 384 g/mol. The van der Waals surface area contributed by atoms with E-state index in [1.165, 1.54) is 23.1 Å². The van der Waals surface area contributed by atoms with E-state index in [0.717, 1.165) is 24.8 Å². The van der Waals surface area contributed by atoms with Crippen molar-refractivity contribution in [3.05, 3.63) is 57.3 Å². The summed E-state index contributed by atoms with van der Waals surface area (Å²) in [4.78, 5) is 30.7. The Balaban J connectivity index is 1.85. The van der Waals surface area contributed by atoms with Gasteiger partial charge in [0.2, 0.25) is 11.8 Å². The molecule has 156 valence electrons. The number of carbonyl (C=O) groups is 2. The molecule has 0 aliphatic carbocycles. The normalized spacial score (nSPS) is 15.8. The molecule has 2 aromatic rings. The molecule has 0 spiro atoms. The average molecular weight is 415 g/mol. The number of fused-ring (bicyclic) bond motifs is 1. The summed E-state index contributed by atoms with van der Waals surface area (Å²) in [6.45, 7) is 5.51. The van der Waals surface area contributed by atoms with Crippen LogP contribution in [0.15, 0.2) is 35.7 Å². The summed E-state index contributed by atoms with van der Waals surface area (Å²) in [6.07, 6.45) is 2.71. The van der Waals surface area contributed by atoms with E-state index in [9.17, 15) is 9.59 Å². The number of methoxy groups -OCH3 is 1. The van der Waals surface area contributed by atoms with Crippen LogP contribution in [0.4, 0.5) is 0 Å². The van der Waals surface area contributed by atoms with E-state index in [-0.39, 0.29) is 31.0 Å². The Bertz CT molecular complexity index is 831. The molecule has 0 saturated carbocycles. The highest BCUT2D eigenvalue weighted by molar-refractivity contribution is 7.10. The van der Waals surface area contributed by atoms with Crippen molar-refractivity contribution < 1.29 is 14.3 Å². The first-order valence-corrected chi connectivity index (χ1v) is 11.1. The lowest BCUT2D eigenvalue weighted by molar-refractivity contribution is -0.143. The fraction of sp³-hybridized carbons (Fsp3) is 0.478. The third kappa shape index (κ3) is 5.06. The fourth-order valence-electron chi connectivity index (χ4n) is 3.80. The Morgan fingerprint density at radius 3 is 2.69 bits per heavy atom. The molecule has 0 bridgehead atoms. The van der Waals surface area contributed by atoms with Crippen LogP contribution in [0, 0.1) is 6.92 Å². The van der Waals surface area contributed by atoms with Crippen molar-refractivity contribution in [2.24, 2.45) is 0 Å². The predicted octanol–water partition coefficient (Wildman–Crippen LogP) is 3.81. The second-order valence-electron chi connectivity index (χ2n) is 7.55. The van der Waals surface area contributed by atoms with Crippen LogP contribution in [-0.4, -0.2) is 55.0 Å². The number of nitrogens with zero attached hydrogens (tertiary/aromatic N) is 2. The number of amides is 2. The van der Waals surface area contributed by atoms with Crippen molar-refractivity contribution in [1.29, 1.82) is 0 Å². The molecule has 1 aliphatic rings. The van der Waals surface area contributed by atoms with Gasteiger partial charge in [-0.25, -0.2) is 0 Å². The van der Waals surface area contributed by atoms with Crippen molar-refractivity contribution >= 4 is 23.2 Å². The van der Waals surface area contributed by atoms with Gasteiger partial charge in [-0.15, -0.1) is 11.3 Å². The molecule has 2 amide bonds. The van der Waals surface area contributed by atoms with Gasteiger partial charge < -0.3 is 14.5 Å². The maximum Gasteiger partial charge on any atom is 0.249 e. The van der Waals surface area contributed by atoms with Crippen LogP contribution in [0.1, 0.15) is 47.4 Å². The van der Waals surface area contributed by atoms with Gasteiger partial charge in [-0.2, -0.15) is 0 Å². The van der Waals surface area contributed by atoms with Crippen LogP contribution in [0.25, 0.3) is 0 Å². The zero-order valence-corrected chi connectivity index (χ0v) is 18.3. The molecule has 0 N–H and O–H groups in total. The first-order chi connectivity index (χ1) is 14.0. The Kier molecular flexibility index (Phi) is 7.45. The summed E-state index contributed by atoms with van der Waals surface area (Å²) in [7, 11) is 1.51. The Morgan fingerprint density at radius 2 is 2.00 bits per heavy atom. The molecule has 0 unspecified atom stereocenters. The lowest BCUT2D eigenvalue weighted by atomic mass is 9.92. The summed E-state index contributed by atoms with van der Waals surface area (Å²) in [5, 5.41) is 2.11. The van der Waals surface area contributed by atoms with Gasteiger partial charge in [0.15, 0.2) is 0 Å². The van der Waals surface area contributed by atoms with E-state index in [1.807, 2.05) is 4.90 Å². The van der Waals surface area contributed by atoms with Crippen molar-refractivity contribution in [2.75, 3.05) is 33.4 Å². The molecule has 1 aliphatic heterocycles. The van der Waals surface area contributed by atoms with E-state index in [2.05, 4.69) is 49.6 Å².